The summed E-state index contributed by atoms with van der Waals surface area (Å²) in [6.45, 7) is 5.74. The molecule has 0 saturated heterocycles. The first-order valence-electron chi connectivity index (χ1n) is 3.52. The molecule has 0 bridgehead atoms. The molecule has 1 heterocycles. The normalized spacial score (nSPS) is 10.8. The second-order valence-electron chi connectivity index (χ2n) is 2.28. The highest BCUT2D eigenvalue weighted by Gasteiger charge is 1.99. The van der Waals surface area contributed by atoms with Crippen molar-refractivity contribution in [2.24, 2.45) is 4.99 Å². The molecule has 0 aliphatic heterocycles. The highest BCUT2D eigenvalue weighted by Crippen LogP contribution is 2.17. The van der Waals surface area contributed by atoms with E-state index in [1.807, 2.05) is 20.8 Å². The van der Waals surface area contributed by atoms with Gasteiger partial charge in [-0.1, -0.05) is 0 Å². The molecular formula is C8H11N3. The molecule has 0 aliphatic rings. The maximum atomic E-state index is 4.16. The number of hydrogen-bond acceptors (Lipinski definition) is 3. The summed E-state index contributed by atoms with van der Waals surface area (Å²) in [4.78, 5) is 12.2. The van der Waals surface area contributed by atoms with Crippen molar-refractivity contribution in [2.75, 3.05) is 0 Å². The monoisotopic (exact) mass is 149 g/mol. The van der Waals surface area contributed by atoms with E-state index in [9.17, 15) is 0 Å². The van der Waals surface area contributed by atoms with Gasteiger partial charge in [0.1, 0.15) is 12.0 Å². The smallest absolute Gasteiger partial charge is 0.116 e. The number of rotatable bonds is 1. The Balaban J connectivity index is 3.20. The minimum Gasteiger partial charge on any atom is -0.258 e. The van der Waals surface area contributed by atoms with Crippen molar-refractivity contribution in [1.29, 1.82) is 0 Å². The summed E-state index contributed by atoms with van der Waals surface area (Å²) in [6.07, 6.45) is 3.30. The van der Waals surface area contributed by atoms with E-state index < -0.39 is 0 Å². The van der Waals surface area contributed by atoms with Gasteiger partial charge in [0.2, 0.25) is 0 Å². The first kappa shape index (κ1) is 7.85. The molecule has 3 heteroatoms. The summed E-state index contributed by atoms with van der Waals surface area (Å²) >= 11 is 0. The minimum atomic E-state index is 0.884. The summed E-state index contributed by atoms with van der Waals surface area (Å²) in [6, 6.07) is 0. The lowest BCUT2D eigenvalue weighted by molar-refractivity contribution is 1.05. The molecule has 11 heavy (non-hydrogen) atoms. The van der Waals surface area contributed by atoms with Crippen LogP contribution in [0.25, 0.3) is 0 Å². The number of aromatic nitrogens is 2. The molecule has 0 saturated carbocycles. The van der Waals surface area contributed by atoms with Crippen LogP contribution in [0, 0.1) is 13.8 Å². The summed E-state index contributed by atoms with van der Waals surface area (Å²) in [5.74, 6) is 0. The summed E-state index contributed by atoms with van der Waals surface area (Å²) in [5.41, 5.74) is 2.74. The Morgan fingerprint density at radius 3 is 2.27 bits per heavy atom. The molecular weight excluding hydrogens is 138 g/mol. The quantitative estimate of drug-likeness (QED) is 0.571. The van der Waals surface area contributed by atoms with Gasteiger partial charge in [-0.2, -0.15) is 0 Å². The Kier molecular flexibility index (Phi) is 2.31. The molecule has 0 fully saturated rings. The zero-order valence-corrected chi connectivity index (χ0v) is 7.00. The van der Waals surface area contributed by atoms with E-state index in [4.69, 9.17) is 0 Å². The zero-order chi connectivity index (χ0) is 8.27. The third-order valence-electron chi connectivity index (χ3n) is 1.45. The fourth-order valence-electron chi connectivity index (χ4n) is 0.902. The standard InChI is InChI=1S/C8H11N3/c1-4-9-8-6(2)10-5-11-7(8)3/h4-5H,1-3H3/b9-4-. The molecule has 0 radical (unpaired) electrons. The van der Waals surface area contributed by atoms with Gasteiger partial charge in [-0.15, -0.1) is 0 Å². The average Bonchev–Trinajstić information content (AvgIpc) is 1.97. The first-order chi connectivity index (χ1) is 5.25. The van der Waals surface area contributed by atoms with Crippen LogP contribution >= 0.6 is 0 Å². The lowest BCUT2D eigenvalue weighted by atomic mass is 10.3. The number of aryl methyl sites for hydroxylation is 2. The maximum absolute atomic E-state index is 4.16. The molecule has 0 unspecified atom stereocenters. The van der Waals surface area contributed by atoms with E-state index in [-0.39, 0.29) is 0 Å². The van der Waals surface area contributed by atoms with Crippen LogP contribution in [-0.2, 0) is 0 Å². The number of aliphatic imine (C=N–C) groups is 1. The van der Waals surface area contributed by atoms with Crippen LogP contribution in [0.3, 0.4) is 0 Å². The molecule has 0 aliphatic carbocycles. The van der Waals surface area contributed by atoms with Gasteiger partial charge in [0.05, 0.1) is 11.4 Å². The third-order valence-corrected chi connectivity index (χ3v) is 1.45. The molecule has 0 atom stereocenters. The van der Waals surface area contributed by atoms with Gasteiger partial charge < -0.3 is 0 Å². The molecule has 0 spiro atoms. The Morgan fingerprint density at radius 1 is 1.27 bits per heavy atom. The van der Waals surface area contributed by atoms with Crippen LogP contribution in [0.2, 0.25) is 0 Å². The topological polar surface area (TPSA) is 38.1 Å². The van der Waals surface area contributed by atoms with Gasteiger partial charge >= 0.3 is 0 Å². The molecule has 1 aromatic heterocycles. The first-order valence-corrected chi connectivity index (χ1v) is 3.52. The van der Waals surface area contributed by atoms with Gasteiger partial charge in [0.25, 0.3) is 0 Å². The van der Waals surface area contributed by atoms with Crippen LogP contribution < -0.4 is 0 Å². The molecule has 1 rings (SSSR count). The van der Waals surface area contributed by atoms with Gasteiger partial charge in [-0.3, -0.25) is 4.99 Å². The lowest BCUT2D eigenvalue weighted by Gasteiger charge is -1.99. The SMILES string of the molecule is C/C=N\c1c(C)ncnc1C. The van der Waals surface area contributed by atoms with Gasteiger partial charge in [0, 0.05) is 6.21 Å². The predicted molar refractivity (Wildman–Crippen MR) is 45.3 cm³/mol. The summed E-state index contributed by atoms with van der Waals surface area (Å²) in [7, 11) is 0. The van der Waals surface area contributed by atoms with Gasteiger partial charge in [0.15, 0.2) is 0 Å². The number of hydrogen-bond donors (Lipinski definition) is 0. The second-order valence-corrected chi connectivity index (χ2v) is 2.28. The van der Waals surface area contributed by atoms with Crippen molar-refractivity contribution in [2.45, 2.75) is 20.8 Å². The van der Waals surface area contributed by atoms with Crippen molar-refractivity contribution in [3.63, 3.8) is 0 Å². The lowest BCUT2D eigenvalue weighted by Crippen LogP contribution is -1.88. The van der Waals surface area contributed by atoms with Crippen molar-refractivity contribution in [3.8, 4) is 0 Å². The Bertz CT molecular complexity index is 258. The van der Waals surface area contributed by atoms with E-state index in [2.05, 4.69) is 15.0 Å². The van der Waals surface area contributed by atoms with E-state index in [0.717, 1.165) is 17.1 Å². The molecule has 0 N–H and O–H groups in total. The number of nitrogens with zero attached hydrogens (tertiary/aromatic N) is 3. The predicted octanol–water partition coefficient (Wildman–Crippen LogP) is 1.82. The van der Waals surface area contributed by atoms with Crippen molar-refractivity contribution < 1.29 is 0 Å². The minimum absolute atomic E-state index is 0.884. The van der Waals surface area contributed by atoms with Crippen molar-refractivity contribution >= 4 is 11.9 Å². The summed E-state index contributed by atoms with van der Waals surface area (Å²) < 4.78 is 0. The third kappa shape index (κ3) is 1.61. The Morgan fingerprint density at radius 2 is 1.82 bits per heavy atom. The second kappa shape index (κ2) is 3.23. The highest BCUT2D eigenvalue weighted by molar-refractivity contribution is 5.62. The van der Waals surface area contributed by atoms with Crippen LogP contribution in [0.5, 0.6) is 0 Å². The molecule has 0 amide bonds. The van der Waals surface area contributed by atoms with Crippen LogP contribution in [0.15, 0.2) is 11.3 Å². The van der Waals surface area contributed by atoms with Crippen LogP contribution in [0.1, 0.15) is 18.3 Å². The van der Waals surface area contributed by atoms with E-state index >= 15 is 0 Å². The largest absolute Gasteiger partial charge is 0.258 e. The molecule has 0 aromatic carbocycles. The van der Waals surface area contributed by atoms with E-state index in [1.165, 1.54) is 0 Å². The van der Waals surface area contributed by atoms with E-state index in [1.54, 1.807) is 12.5 Å². The van der Waals surface area contributed by atoms with Crippen molar-refractivity contribution in [1.82, 2.24) is 9.97 Å². The van der Waals surface area contributed by atoms with E-state index in [0.29, 0.717) is 0 Å². The van der Waals surface area contributed by atoms with Crippen LogP contribution in [0.4, 0.5) is 5.69 Å². The molecule has 1 aromatic rings. The van der Waals surface area contributed by atoms with Crippen molar-refractivity contribution in [3.05, 3.63) is 17.7 Å². The molecule has 3 nitrogen and oxygen atoms in total. The van der Waals surface area contributed by atoms with Gasteiger partial charge in [-0.05, 0) is 20.8 Å². The Hall–Kier alpha value is -1.25. The fourth-order valence-corrected chi connectivity index (χ4v) is 0.902. The summed E-state index contributed by atoms with van der Waals surface area (Å²) in [5, 5.41) is 0. The Labute approximate surface area is 66.2 Å². The van der Waals surface area contributed by atoms with Gasteiger partial charge in [-0.25, -0.2) is 9.97 Å². The maximum Gasteiger partial charge on any atom is 0.116 e. The highest BCUT2D eigenvalue weighted by atomic mass is 14.9. The van der Waals surface area contributed by atoms with Crippen LogP contribution in [-0.4, -0.2) is 16.2 Å². The molecule has 58 valence electrons. The average molecular weight is 149 g/mol. The zero-order valence-electron chi connectivity index (χ0n) is 7.00. The fraction of sp³-hybridized carbons (Fsp3) is 0.375.